The fourth-order valence-corrected chi connectivity index (χ4v) is 3.96. The zero-order valence-electron chi connectivity index (χ0n) is 10.2. The molecule has 3 rings (SSSR count). The van der Waals surface area contributed by atoms with Crippen LogP contribution in [-0.4, -0.2) is 24.0 Å². The molecule has 3 nitrogen and oxygen atoms in total. The Morgan fingerprint density at radius 1 is 1.42 bits per heavy atom. The maximum atomic E-state index is 13.8. The highest BCUT2D eigenvalue weighted by molar-refractivity contribution is 7.99. The van der Waals surface area contributed by atoms with Crippen LogP contribution in [-0.2, 0) is 4.79 Å². The Morgan fingerprint density at radius 2 is 2.21 bits per heavy atom. The molecule has 2 unspecified atom stereocenters. The number of hydrogen-bond donors (Lipinski definition) is 1. The molecule has 6 heteroatoms. The lowest BCUT2D eigenvalue weighted by Crippen LogP contribution is -2.35. The van der Waals surface area contributed by atoms with Gasteiger partial charge < -0.3 is 10.6 Å². The summed E-state index contributed by atoms with van der Waals surface area (Å²) in [5, 5.41) is 0. The second-order valence-corrected chi connectivity index (χ2v) is 6.13. The number of rotatable bonds is 2. The average Bonchev–Trinajstić information content (AvgIpc) is 2.93. The molecule has 2 atom stereocenters. The molecule has 0 bridgehead atoms. The van der Waals surface area contributed by atoms with Crippen LogP contribution >= 0.6 is 11.8 Å². The maximum absolute atomic E-state index is 13.8. The Balaban J connectivity index is 1.96. The van der Waals surface area contributed by atoms with Crippen molar-refractivity contribution < 1.29 is 13.6 Å². The molecule has 1 aromatic carbocycles. The van der Waals surface area contributed by atoms with Gasteiger partial charge in [0.2, 0.25) is 5.91 Å². The highest BCUT2D eigenvalue weighted by Crippen LogP contribution is 2.38. The SMILES string of the molecule is NC1C(=O)N(CC2CCSC2)c2cc(F)cc(F)c21. The van der Waals surface area contributed by atoms with Gasteiger partial charge in [0.05, 0.1) is 5.69 Å². The summed E-state index contributed by atoms with van der Waals surface area (Å²) in [4.78, 5) is 13.6. The van der Waals surface area contributed by atoms with Crippen LogP contribution in [0.4, 0.5) is 14.5 Å². The molecule has 1 saturated heterocycles. The van der Waals surface area contributed by atoms with E-state index in [0.29, 0.717) is 18.2 Å². The normalized spacial score (nSPS) is 26.1. The lowest BCUT2D eigenvalue weighted by atomic mass is 10.1. The van der Waals surface area contributed by atoms with E-state index in [-0.39, 0.29) is 11.5 Å². The molecule has 0 aliphatic carbocycles. The van der Waals surface area contributed by atoms with E-state index in [1.165, 1.54) is 11.0 Å². The Hall–Kier alpha value is -1.14. The van der Waals surface area contributed by atoms with Crippen LogP contribution < -0.4 is 10.6 Å². The summed E-state index contributed by atoms with van der Waals surface area (Å²) < 4.78 is 27.1. The summed E-state index contributed by atoms with van der Waals surface area (Å²) in [6.45, 7) is 0.495. The van der Waals surface area contributed by atoms with E-state index in [1.54, 1.807) is 0 Å². The van der Waals surface area contributed by atoms with Gasteiger partial charge >= 0.3 is 0 Å². The van der Waals surface area contributed by atoms with E-state index >= 15 is 0 Å². The fraction of sp³-hybridized carbons (Fsp3) is 0.462. The Bertz CT molecular complexity index is 532. The summed E-state index contributed by atoms with van der Waals surface area (Å²) in [5.41, 5.74) is 6.17. The zero-order valence-corrected chi connectivity index (χ0v) is 11.1. The second kappa shape index (κ2) is 4.76. The summed E-state index contributed by atoms with van der Waals surface area (Å²) in [5.74, 6) is 0.674. The highest BCUT2D eigenvalue weighted by Gasteiger charge is 2.39. The van der Waals surface area contributed by atoms with Gasteiger partial charge in [0.15, 0.2) is 0 Å². The van der Waals surface area contributed by atoms with Crippen molar-refractivity contribution in [1.29, 1.82) is 0 Å². The molecule has 2 N–H and O–H groups in total. The van der Waals surface area contributed by atoms with Crippen LogP contribution in [0.5, 0.6) is 0 Å². The van der Waals surface area contributed by atoms with Crippen molar-refractivity contribution in [2.24, 2.45) is 11.7 Å². The van der Waals surface area contributed by atoms with Crippen molar-refractivity contribution >= 4 is 23.4 Å². The number of amides is 1. The number of thioether (sulfide) groups is 1. The van der Waals surface area contributed by atoms with Gasteiger partial charge in [-0.2, -0.15) is 11.8 Å². The first-order chi connectivity index (χ1) is 9.08. The van der Waals surface area contributed by atoms with Crippen LogP contribution in [0.1, 0.15) is 18.0 Å². The third-order valence-electron chi connectivity index (χ3n) is 3.67. The highest BCUT2D eigenvalue weighted by atomic mass is 32.2. The predicted octanol–water partition coefficient (Wildman–Crippen LogP) is 2.06. The molecule has 0 saturated carbocycles. The van der Waals surface area contributed by atoms with Crippen molar-refractivity contribution in [3.05, 3.63) is 29.3 Å². The molecule has 2 aliphatic rings. The van der Waals surface area contributed by atoms with Gasteiger partial charge in [0.25, 0.3) is 0 Å². The van der Waals surface area contributed by atoms with Crippen LogP contribution in [0, 0.1) is 17.6 Å². The zero-order chi connectivity index (χ0) is 13.6. The summed E-state index contributed by atoms with van der Waals surface area (Å²) in [7, 11) is 0. The van der Waals surface area contributed by atoms with Crippen LogP contribution in [0.2, 0.25) is 0 Å². The summed E-state index contributed by atoms with van der Waals surface area (Å²) in [6.07, 6.45) is 1.02. The summed E-state index contributed by atoms with van der Waals surface area (Å²) >= 11 is 1.84. The van der Waals surface area contributed by atoms with E-state index in [9.17, 15) is 13.6 Å². The van der Waals surface area contributed by atoms with E-state index < -0.39 is 17.7 Å². The fourth-order valence-electron chi connectivity index (χ4n) is 2.69. The molecule has 19 heavy (non-hydrogen) atoms. The Kier molecular flexibility index (Phi) is 3.22. The van der Waals surface area contributed by atoms with Gasteiger partial charge in [-0.15, -0.1) is 0 Å². The van der Waals surface area contributed by atoms with Gasteiger partial charge in [-0.3, -0.25) is 4.79 Å². The van der Waals surface area contributed by atoms with Crippen molar-refractivity contribution in [3.63, 3.8) is 0 Å². The second-order valence-electron chi connectivity index (χ2n) is 4.98. The molecular weight excluding hydrogens is 270 g/mol. The van der Waals surface area contributed by atoms with E-state index in [1.807, 2.05) is 11.8 Å². The monoisotopic (exact) mass is 284 g/mol. The van der Waals surface area contributed by atoms with Crippen LogP contribution in [0.15, 0.2) is 12.1 Å². The van der Waals surface area contributed by atoms with Crippen molar-refractivity contribution in [2.75, 3.05) is 23.0 Å². The quantitative estimate of drug-likeness (QED) is 0.904. The number of carbonyl (C=O) groups excluding carboxylic acids is 1. The van der Waals surface area contributed by atoms with E-state index in [2.05, 4.69) is 0 Å². The number of benzene rings is 1. The molecule has 1 fully saturated rings. The maximum Gasteiger partial charge on any atom is 0.248 e. The first-order valence-corrected chi connectivity index (χ1v) is 7.37. The van der Waals surface area contributed by atoms with Crippen molar-refractivity contribution in [1.82, 2.24) is 0 Å². The molecule has 2 heterocycles. The minimum Gasteiger partial charge on any atom is -0.316 e. The van der Waals surface area contributed by atoms with Gasteiger partial charge in [-0.1, -0.05) is 0 Å². The van der Waals surface area contributed by atoms with Crippen LogP contribution in [0.3, 0.4) is 0 Å². The number of fused-ring (bicyclic) bond motifs is 1. The van der Waals surface area contributed by atoms with Gasteiger partial charge in [-0.05, 0) is 29.9 Å². The molecule has 0 radical (unpaired) electrons. The van der Waals surface area contributed by atoms with Gasteiger partial charge in [0, 0.05) is 18.2 Å². The number of anilines is 1. The van der Waals surface area contributed by atoms with Crippen molar-refractivity contribution in [3.8, 4) is 0 Å². The molecule has 1 amide bonds. The summed E-state index contributed by atoms with van der Waals surface area (Å²) in [6, 6.07) is 0.969. The predicted molar refractivity (Wildman–Crippen MR) is 71.1 cm³/mol. The topological polar surface area (TPSA) is 46.3 Å². The van der Waals surface area contributed by atoms with Gasteiger partial charge in [0.1, 0.15) is 17.7 Å². The lowest BCUT2D eigenvalue weighted by molar-refractivity contribution is -0.119. The molecule has 2 aliphatic heterocycles. The smallest absolute Gasteiger partial charge is 0.248 e. The lowest BCUT2D eigenvalue weighted by Gasteiger charge is -2.21. The minimum absolute atomic E-state index is 0.122. The molecular formula is C13H14F2N2OS. The Morgan fingerprint density at radius 3 is 2.89 bits per heavy atom. The molecule has 1 aromatic rings. The van der Waals surface area contributed by atoms with Crippen LogP contribution in [0.25, 0.3) is 0 Å². The van der Waals surface area contributed by atoms with E-state index in [0.717, 1.165) is 24.0 Å². The standard InChI is InChI=1S/C13H14F2N2OS/c14-8-3-9(15)11-10(4-8)17(13(18)12(11)16)5-7-1-2-19-6-7/h3-4,7,12H,1-2,5-6,16H2. The number of hydrogen-bond acceptors (Lipinski definition) is 3. The molecule has 102 valence electrons. The Labute approximate surface area is 114 Å². The van der Waals surface area contributed by atoms with Crippen molar-refractivity contribution in [2.45, 2.75) is 12.5 Å². The number of nitrogens with two attached hydrogens (primary N) is 1. The number of carbonyl (C=O) groups is 1. The minimum atomic E-state index is -1.01. The third kappa shape index (κ3) is 2.12. The largest absolute Gasteiger partial charge is 0.316 e. The average molecular weight is 284 g/mol. The number of nitrogens with zero attached hydrogens (tertiary/aromatic N) is 1. The van der Waals surface area contributed by atoms with E-state index in [4.69, 9.17) is 5.73 Å². The first-order valence-electron chi connectivity index (χ1n) is 6.21. The third-order valence-corrected chi connectivity index (χ3v) is 4.90. The first kappa shape index (κ1) is 12.9. The number of halogens is 2. The van der Waals surface area contributed by atoms with Gasteiger partial charge in [-0.25, -0.2) is 8.78 Å². The molecule has 0 spiro atoms. The molecule has 0 aromatic heterocycles.